The van der Waals surface area contributed by atoms with Crippen molar-refractivity contribution in [3.63, 3.8) is 0 Å². The Morgan fingerprint density at radius 3 is 2.41 bits per heavy atom. The number of carbonyl (C=O) groups is 1. The molecule has 0 saturated heterocycles. The van der Waals surface area contributed by atoms with Crippen LogP contribution in [0.2, 0.25) is 5.02 Å². The molecule has 0 heterocycles. The van der Waals surface area contributed by atoms with Crippen LogP contribution >= 0.6 is 11.6 Å². The number of benzene rings is 3. The number of rotatable bonds is 12. The fraction of sp³-hybridized carbons (Fsp3) is 0.321. The molecule has 7 nitrogen and oxygen atoms in total. The van der Waals surface area contributed by atoms with Crippen LogP contribution in [0.4, 0.5) is 0 Å². The van der Waals surface area contributed by atoms with Crippen molar-refractivity contribution in [3.8, 4) is 5.75 Å². The zero-order valence-corrected chi connectivity index (χ0v) is 22.7. The van der Waals surface area contributed by atoms with Gasteiger partial charge in [0.25, 0.3) is 0 Å². The van der Waals surface area contributed by atoms with Crippen molar-refractivity contribution in [3.05, 3.63) is 88.9 Å². The number of hydrogen-bond acceptors (Lipinski definition) is 7. The Kier molecular flexibility index (Phi) is 9.73. The van der Waals surface area contributed by atoms with E-state index in [-0.39, 0.29) is 22.1 Å². The zero-order chi connectivity index (χ0) is 27.1. The molecule has 0 radical (unpaired) electrons. The lowest BCUT2D eigenvalue weighted by atomic mass is 10.1. The maximum absolute atomic E-state index is 13.2. The Hall–Kier alpha value is -2.91. The molecule has 198 valence electrons. The van der Waals surface area contributed by atoms with Gasteiger partial charge in [-0.2, -0.15) is 0 Å². The summed E-state index contributed by atoms with van der Waals surface area (Å²) in [5.74, 6) is -0.283. The maximum Gasteiger partial charge on any atom is 0.349 e. The van der Waals surface area contributed by atoms with Gasteiger partial charge in [-0.15, -0.1) is 0 Å². The minimum Gasteiger partial charge on any atom is -0.476 e. The average Bonchev–Trinajstić information content (AvgIpc) is 2.87. The van der Waals surface area contributed by atoms with Crippen molar-refractivity contribution in [1.82, 2.24) is 5.32 Å². The summed E-state index contributed by atoms with van der Waals surface area (Å²) in [5.41, 5.74) is 0.434. The second-order valence-corrected chi connectivity index (χ2v) is 11.4. The Bertz CT molecular complexity index is 1310. The molecule has 3 aromatic rings. The highest BCUT2D eigenvalue weighted by Gasteiger charge is 2.32. The molecule has 0 aliphatic rings. The minimum atomic E-state index is -3.79. The van der Waals surface area contributed by atoms with Crippen LogP contribution in [0.15, 0.2) is 82.6 Å². The van der Waals surface area contributed by atoms with Crippen LogP contribution in [0.1, 0.15) is 38.0 Å². The van der Waals surface area contributed by atoms with Gasteiger partial charge in [0.15, 0.2) is 5.60 Å². The first-order valence-corrected chi connectivity index (χ1v) is 13.8. The van der Waals surface area contributed by atoms with E-state index in [9.17, 15) is 18.3 Å². The molecular formula is C28H32ClNO6S. The van der Waals surface area contributed by atoms with Crippen LogP contribution in [0.5, 0.6) is 5.75 Å². The number of esters is 1. The quantitative estimate of drug-likeness (QED) is 0.250. The van der Waals surface area contributed by atoms with E-state index in [1.165, 1.54) is 12.1 Å². The van der Waals surface area contributed by atoms with Crippen molar-refractivity contribution in [1.29, 1.82) is 0 Å². The second kappa shape index (κ2) is 12.6. The molecular weight excluding hydrogens is 514 g/mol. The summed E-state index contributed by atoms with van der Waals surface area (Å²) in [6, 6.07) is 19.8. The number of aliphatic hydroxyl groups is 1. The molecule has 0 fully saturated rings. The molecule has 1 unspecified atom stereocenters. The summed E-state index contributed by atoms with van der Waals surface area (Å²) < 4.78 is 37.2. The molecule has 0 amide bonds. The van der Waals surface area contributed by atoms with E-state index in [4.69, 9.17) is 21.1 Å². The fourth-order valence-corrected chi connectivity index (χ4v) is 5.11. The largest absolute Gasteiger partial charge is 0.476 e. The lowest BCUT2D eigenvalue weighted by Gasteiger charge is -2.24. The number of carbonyl (C=O) groups excluding carboxylic acids is 1. The Morgan fingerprint density at radius 2 is 1.73 bits per heavy atom. The average molecular weight is 546 g/mol. The van der Waals surface area contributed by atoms with Gasteiger partial charge in [0.2, 0.25) is 9.84 Å². The van der Waals surface area contributed by atoms with Gasteiger partial charge < -0.3 is 19.9 Å². The minimum absolute atomic E-state index is 0.0640. The number of halogens is 1. The van der Waals surface area contributed by atoms with Crippen LogP contribution in [0.25, 0.3) is 0 Å². The van der Waals surface area contributed by atoms with E-state index >= 15 is 0 Å². The third kappa shape index (κ3) is 7.79. The van der Waals surface area contributed by atoms with Gasteiger partial charge >= 0.3 is 5.97 Å². The SMILES string of the molecule is CCOC(=O)C(C)(C)Oc1cccc(S(=O)(=O)c2ccc(CCNCC(O)c3cccc(Cl)c3)cc2)c1. The molecule has 0 aliphatic heterocycles. The highest BCUT2D eigenvalue weighted by atomic mass is 35.5. The van der Waals surface area contributed by atoms with Gasteiger partial charge in [-0.05, 0) is 87.3 Å². The molecule has 0 saturated carbocycles. The summed E-state index contributed by atoms with van der Waals surface area (Å²) in [6.07, 6.45) is -0.0108. The van der Waals surface area contributed by atoms with Gasteiger partial charge in [-0.25, -0.2) is 13.2 Å². The standard InChI is InChI=1S/C28H32ClNO6S/c1-4-35-27(32)28(2,3)36-23-9-6-10-25(18-23)37(33,34)24-13-11-20(12-14-24)15-16-30-19-26(31)21-7-5-8-22(29)17-21/h5-14,17-18,26,30-31H,4,15-16,19H2,1-3H3. The molecule has 1 atom stereocenters. The molecule has 9 heteroatoms. The molecule has 0 spiro atoms. The predicted molar refractivity (Wildman–Crippen MR) is 143 cm³/mol. The molecule has 3 rings (SSSR count). The Balaban J connectivity index is 1.60. The summed E-state index contributed by atoms with van der Waals surface area (Å²) in [6.45, 7) is 6.04. The highest BCUT2D eigenvalue weighted by molar-refractivity contribution is 7.91. The Labute approximate surface area is 223 Å². The number of hydrogen-bond donors (Lipinski definition) is 2. The highest BCUT2D eigenvalue weighted by Crippen LogP contribution is 2.27. The van der Waals surface area contributed by atoms with Crippen molar-refractivity contribution in [2.45, 2.75) is 48.7 Å². The van der Waals surface area contributed by atoms with Crippen LogP contribution in [-0.4, -0.2) is 44.8 Å². The fourth-order valence-electron chi connectivity index (χ4n) is 3.62. The summed E-state index contributed by atoms with van der Waals surface area (Å²) in [4.78, 5) is 12.3. The van der Waals surface area contributed by atoms with E-state index in [1.807, 2.05) is 6.07 Å². The lowest BCUT2D eigenvalue weighted by molar-refractivity contribution is -0.158. The maximum atomic E-state index is 13.2. The normalized spacial score (nSPS) is 12.7. The molecule has 0 bridgehead atoms. The van der Waals surface area contributed by atoms with Crippen LogP contribution in [-0.2, 0) is 25.8 Å². The predicted octanol–water partition coefficient (Wildman–Crippen LogP) is 4.76. The van der Waals surface area contributed by atoms with E-state index in [0.717, 1.165) is 11.1 Å². The number of sulfone groups is 1. The van der Waals surface area contributed by atoms with Crippen molar-refractivity contribution in [2.24, 2.45) is 0 Å². The topological polar surface area (TPSA) is 102 Å². The number of aliphatic hydroxyl groups excluding tert-OH is 1. The van der Waals surface area contributed by atoms with Crippen LogP contribution < -0.4 is 10.1 Å². The molecule has 3 aromatic carbocycles. The summed E-state index contributed by atoms with van der Waals surface area (Å²) >= 11 is 5.97. The van der Waals surface area contributed by atoms with Crippen molar-refractivity contribution < 1.29 is 27.8 Å². The van der Waals surface area contributed by atoms with Gasteiger partial charge in [0.1, 0.15) is 5.75 Å². The Morgan fingerprint density at radius 1 is 1.03 bits per heavy atom. The smallest absolute Gasteiger partial charge is 0.349 e. The second-order valence-electron chi connectivity index (χ2n) is 8.98. The van der Waals surface area contributed by atoms with Crippen LogP contribution in [0.3, 0.4) is 0 Å². The molecule has 0 aliphatic carbocycles. The molecule has 37 heavy (non-hydrogen) atoms. The van der Waals surface area contributed by atoms with Gasteiger partial charge in [0.05, 0.1) is 22.5 Å². The summed E-state index contributed by atoms with van der Waals surface area (Å²) in [5, 5.41) is 14.1. The van der Waals surface area contributed by atoms with E-state index < -0.39 is 27.5 Å². The first-order chi connectivity index (χ1) is 17.5. The van der Waals surface area contributed by atoms with E-state index in [0.29, 0.717) is 24.5 Å². The van der Waals surface area contributed by atoms with Gasteiger partial charge in [-0.3, -0.25) is 0 Å². The number of nitrogens with one attached hydrogen (secondary N) is 1. The van der Waals surface area contributed by atoms with Crippen LogP contribution in [0, 0.1) is 0 Å². The van der Waals surface area contributed by atoms with Crippen molar-refractivity contribution >= 4 is 27.4 Å². The lowest BCUT2D eigenvalue weighted by Crippen LogP contribution is -2.39. The number of ether oxygens (including phenoxy) is 2. The van der Waals surface area contributed by atoms with Gasteiger partial charge in [0, 0.05) is 11.6 Å². The molecule has 2 N–H and O–H groups in total. The third-order valence-electron chi connectivity index (χ3n) is 5.65. The van der Waals surface area contributed by atoms with E-state index in [2.05, 4.69) is 5.32 Å². The van der Waals surface area contributed by atoms with Crippen molar-refractivity contribution in [2.75, 3.05) is 19.7 Å². The zero-order valence-electron chi connectivity index (χ0n) is 21.1. The monoisotopic (exact) mass is 545 g/mol. The first-order valence-electron chi connectivity index (χ1n) is 12.0. The third-order valence-corrected chi connectivity index (χ3v) is 7.65. The molecule has 0 aromatic heterocycles. The van der Waals surface area contributed by atoms with Gasteiger partial charge in [-0.1, -0.05) is 41.9 Å². The summed E-state index contributed by atoms with van der Waals surface area (Å²) in [7, 11) is -3.79. The van der Waals surface area contributed by atoms with E-state index in [1.54, 1.807) is 75.4 Å². The first kappa shape index (κ1) is 28.7.